The van der Waals surface area contributed by atoms with Crippen molar-refractivity contribution < 1.29 is 0 Å². The largest absolute Gasteiger partial charge is 0.321 e. The van der Waals surface area contributed by atoms with Crippen molar-refractivity contribution in [2.75, 3.05) is 5.88 Å². The van der Waals surface area contributed by atoms with Crippen LogP contribution in [0, 0.1) is 13.8 Å². The molecular weight excluding hydrogens is 300 g/mol. The molecular formula is C17H19ClN2S. The van der Waals surface area contributed by atoms with Crippen LogP contribution in [0.2, 0.25) is 0 Å². The quantitative estimate of drug-likeness (QED) is 0.611. The molecule has 0 bridgehead atoms. The van der Waals surface area contributed by atoms with E-state index in [1.54, 1.807) is 0 Å². The normalized spacial score (nSPS) is 13.0. The third-order valence-electron chi connectivity index (χ3n) is 3.90. The van der Waals surface area contributed by atoms with E-state index < -0.39 is 0 Å². The Morgan fingerprint density at radius 2 is 2.05 bits per heavy atom. The Bertz CT molecular complexity index is 772. The monoisotopic (exact) mass is 318 g/mol. The predicted molar refractivity (Wildman–Crippen MR) is 91.8 cm³/mol. The molecule has 0 spiro atoms. The molecule has 0 aliphatic carbocycles. The second-order valence-electron chi connectivity index (χ2n) is 5.37. The van der Waals surface area contributed by atoms with Gasteiger partial charge in [-0.3, -0.25) is 0 Å². The van der Waals surface area contributed by atoms with Crippen LogP contribution in [0.25, 0.3) is 11.0 Å². The second kappa shape index (κ2) is 5.82. The van der Waals surface area contributed by atoms with E-state index in [-0.39, 0.29) is 6.04 Å². The lowest BCUT2D eigenvalue weighted by Gasteiger charge is -2.17. The molecule has 2 heterocycles. The summed E-state index contributed by atoms with van der Waals surface area (Å²) in [7, 11) is 0. The van der Waals surface area contributed by atoms with Gasteiger partial charge >= 0.3 is 0 Å². The van der Waals surface area contributed by atoms with E-state index in [0.717, 1.165) is 17.8 Å². The van der Waals surface area contributed by atoms with Gasteiger partial charge in [0.25, 0.3) is 0 Å². The summed E-state index contributed by atoms with van der Waals surface area (Å²) in [5.41, 5.74) is 3.62. The Morgan fingerprint density at radius 1 is 1.29 bits per heavy atom. The molecule has 0 saturated heterocycles. The molecule has 110 valence electrons. The van der Waals surface area contributed by atoms with Crippen LogP contribution in [0.5, 0.6) is 0 Å². The van der Waals surface area contributed by atoms with Crippen molar-refractivity contribution in [1.29, 1.82) is 0 Å². The van der Waals surface area contributed by atoms with Crippen LogP contribution in [0.15, 0.2) is 30.3 Å². The molecule has 0 fully saturated rings. The maximum atomic E-state index is 5.97. The maximum absolute atomic E-state index is 5.97. The Morgan fingerprint density at radius 3 is 2.71 bits per heavy atom. The highest BCUT2D eigenvalue weighted by molar-refractivity contribution is 7.12. The number of rotatable bonds is 4. The van der Waals surface area contributed by atoms with Crippen molar-refractivity contribution in [3.05, 3.63) is 51.5 Å². The minimum absolute atomic E-state index is 0.278. The summed E-state index contributed by atoms with van der Waals surface area (Å²) >= 11 is 7.83. The van der Waals surface area contributed by atoms with Crippen LogP contribution >= 0.6 is 22.9 Å². The number of hydrogen-bond donors (Lipinski definition) is 0. The van der Waals surface area contributed by atoms with Gasteiger partial charge in [0.2, 0.25) is 0 Å². The molecule has 0 amide bonds. The molecule has 4 heteroatoms. The van der Waals surface area contributed by atoms with Gasteiger partial charge in [-0.25, -0.2) is 4.98 Å². The van der Waals surface area contributed by atoms with Crippen LogP contribution in [-0.4, -0.2) is 15.4 Å². The number of alkyl halides is 1. The Kier molecular flexibility index (Phi) is 4.05. The zero-order chi connectivity index (χ0) is 15.0. The highest BCUT2D eigenvalue weighted by Gasteiger charge is 2.19. The van der Waals surface area contributed by atoms with Gasteiger partial charge in [-0.15, -0.1) is 22.9 Å². The second-order valence-corrected chi connectivity index (χ2v) is 7.21. The third kappa shape index (κ3) is 2.60. The molecule has 1 unspecified atom stereocenters. The van der Waals surface area contributed by atoms with Crippen molar-refractivity contribution in [2.24, 2.45) is 0 Å². The van der Waals surface area contributed by atoms with Crippen molar-refractivity contribution >= 4 is 34.0 Å². The average molecular weight is 319 g/mol. The van der Waals surface area contributed by atoms with E-state index >= 15 is 0 Å². The van der Waals surface area contributed by atoms with Gasteiger partial charge in [-0.1, -0.05) is 12.1 Å². The van der Waals surface area contributed by atoms with Crippen LogP contribution in [-0.2, 0) is 6.42 Å². The number of para-hydroxylation sites is 2. The molecule has 2 aromatic heterocycles. The number of aryl methyl sites for hydroxylation is 3. The van der Waals surface area contributed by atoms with Gasteiger partial charge in [0, 0.05) is 22.1 Å². The van der Waals surface area contributed by atoms with Crippen LogP contribution < -0.4 is 0 Å². The number of benzene rings is 1. The molecule has 0 aliphatic rings. The number of nitrogens with zero attached hydrogens (tertiary/aromatic N) is 2. The molecule has 0 aliphatic heterocycles. The lowest BCUT2D eigenvalue weighted by atomic mass is 10.1. The van der Waals surface area contributed by atoms with Gasteiger partial charge in [-0.2, -0.15) is 0 Å². The number of hydrogen-bond acceptors (Lipinski definition) is 2. The highest BCUT2D eigenvalue weighted by Crippen LogP contribution is 2.32. The topological polar surface area (TPSA) is 17.8 Å². The molecule has 0 radical (unpaired) electrons. The first-order chi connectivity index (χ1) is 10.1. The van der Waals surface area contributed by atoms with Crippen molar-refractivity contribution in [2.45, 2.75) is 33.2 Å². The lowest BCUT2D eigenvalue weighted by molar-refractivity contribution is 0.623. The molecule has 2 nitrogen and oxygen atoms in total. The fourth-order valence-corrected chi connectivity index (χ4v) is 4.18. The fourth-order valence-electron chi connectivity index (χ4n) is 2.99. The number of fused-ring (bicyclic) bond motifs is 1. The van der Waals surface area contributed by atoms with Crippen LogP contribution in [0.3, 0.4) is 0 Å². The molecule has 0 saturated carbocycles. The van der Waals surface area contributed by atoms with Crippen molar-refractivity contribution in [1.82, 2.24) is 9.55 Å². The molecule has 21 heavy (non-hydrogen) atoms. The summed E-state index contributed by atoms with van der Waals surface area (Å²) in [6, 6.07) is 10.9. The molecule has 3 rings (SSSR count). The van der Waals surface area contributed by atoms with E-state index in [1.165, 1.54) is 20.8 Å². The smallest absolute Gasteiger partial charge is 0.111 e. The van der Waals surface area contributed by atoms with Crippen molar-refractivity contribution in [3.63, 3.8) is 0 Å². The van der Waals surface area contributed by atoms with E-state index in [0.29, 0.717) is 5.88 Å². The van der Waals surface area contributed by atoms with E-state index in [9.17, 15) is 0 Å². The minimum atomic E-state index is 0.278. The summed E-state index contributed by atoms with van der Waals surface area (Å²) in [4.78, 5) is 7.51. The number of imidazole rings is 1. The summed E-state index contributed by atoms with van der Waals surface area (Å²) < 4.78 is 2.34. The highest BCUT2D eigenvalue weighted by atomic mass is 35.5. The summed E-state index contributed by atoms with van der Waals surface area (Å²) in [5.74, 6) is 1.67. The van der Waals surface area contributed by atoms with Gasteiger partial charge in [0.15, 0.2) is 0 Å². The number of thiophene rings is 1. The lowest BCUT2D eigenvalue weighted by Crippen LogP contribution is -2.11. The molecule has 1 atom stereocenters. The fraction of sp³-hybridized carbons (Fsp3) is 0.353. The predicted octanol–water partition coefficient (Wildman–Crippen LogP) is 5.11. The third-order valence-corrected chi connectivity index (χ3v) is 5.07. The van der Waals surface area contributed by atoms with E-state index in [1.807, 2.05) is 17.4 Å². The Balaban J connectivity index is 2.17. The first-order valence-corrected chi connectivity index (χ1v) is 8.55. The summed E-state index contributed by atoms with van der Waals surface area (Å²) in [6.07, 6.45) is 0.794. The zero-order valence-corrected chi connectivity index (χ0v) is 14.1. The maximum Gasteiger partial charge on any atom is 0.111 e. The summed E-state index contributed by atoms with van der Waals surface area (Å²) in [5, 5.41) is 0. The van der Waals surface area contributed by atoms with Crippen LogP contribution in [0.1, 0.15) is 34.1 Å². The molecule has 1 aromatic carbocycles. The zero-order valence-electron chi connectivity index (χ0n) is 12.6. The van der Waals surface area contributed by atoms with Crippen LogP contribution in [0.4, 0.5) is 0 Å². The van der Waals surface area contributed by atoms with E-state index in [4.69, 9.17) is 16.6 Å². The molecule has 3 aromatic rings. The standard InChI is InChI=1S/C17H19ClN2S/c1-11-10-14(13(3)21-11)12(2)20-16-7-5-4-6-15(16)19-17(20)8-9-18/h4-7,10,12H,8-9H2,1-3H3. The first-order valence-electron chi connectivity index (χ1n) is 7.20. The number of halogens is 1. The van der Waals surface area contributed by atoms with E-state index in [2.05, 4.69) is 49.6 Å². The Hall–Kier alpha value is -1.32. The summed E-state index contributed by atoms with van der Waals surface area (Å²) in [6.45, 7) is 6.61. The first kappa shape index (κ1) is 14.6. The SMILES string of the molecule is Cc1cc(C(C)n2c(CCCl)nc3ccccc32)c(C)s1. The van der Waals surface area contributed by atoms with Gasteiger partial charge in [-0.05, 0) is 44.5 Å². The van der Waals surface area contributed by atoms with Gasteiger partial charge in [0.05, 0.1) is 17.1 Å². The molecule has 0 N–H and O–H groups in total. The van der Waals surface area contributed by atoms with Gasteiger partial charge < -0.3 is 4.57 Å². The van der Waals surface area contributed by atoms with Gasteiger partial charge in [0.1, 0.15) is 5.82 Å². The average Bonchev–Trinajstić information content (AvgIpc) is 2.98. The Labute approximate surface area is 134 Å². The minimum Gasteiger partial charge on any atom is -0.321 e. The number of aromatic nitrogens is 2. The van der Waals surface area contributed by atoms with Crippen molar-refractivity contribution in [3.8, 4) is 0 Å².